The molecule has 7 heteroatoms. The van der Waals surface area contributed by atoms with Crippen molar-refractivity contribution in [3.8, 4) is 34.2 Å². The topological polar surface area (TPSA) is 75.0 Å². The number of thioether (sulfide) groups is 1. The van der Waals surface area contributed by atoms with Crippen molar-refractivity contribution in [1.29, 1.82) is 5.26 Å². The maximum absolute atomic E-state index is 12.6. The first-order valence-electron chi connectivity index (χ1n) is 10.8. The number of amides is 1. The van der Waals surface area contributed by atoms with Crippen molar-refractivity contribution < 1.29 is 9.53 Å². The summed E-state index contributed by atoms with van der Waals surface area (Å²) in [6, 6.07) is 26.8. The third kappa shape index (κ3) is 5.83. The molecule has 0 radical (unpaired) electrons. The summed E-state index contributed by atoms with van der Waals surface area (Å²) in [5.41, 5.74) is 5.36. The zero-order valence-corrected chi connectivity index (χ0v) is 20.8. The van der Waals surface area contributed by atoms with E-state index >= 15 is 0 Å². The number of nitriles is 1. The Morgan fingerprint density at radius 2 is 1.74 bits per heavy atom. The lowest BCUT2D eigenvalue weighted by Gasteiger charge is -2.13. The number of methoxy groups -OCH3 is 1. The van der Waals surface area contributed by atoms with Crippen LogP contribution in [0, 0.1) is 18.3 Å². The molecule has 0 saturated carbocycles. The number of hydrogen-bond acceptors (Lipinski definition) is 5. The van der Waals surface area contributed by atoms with Crippen LogP contribution in [0.5, 0.6) is 5.75 Å². The van der Waals surface area contributed by atoms with Gasteiger partial charge in [-0.15, -0.1) is 0 Å². The Labute approximate surface area is 213 Å². The number of hydrogen-bond donors (Lipinski definition) is 1. The van der Waals surface area contributed by atoms with E-state index in [1.807, 2.05) is 61.5 Å². The predicted octanol–water partition coefficient (Wildman–Crippen LogP) is 6.99. The normalized spacial score (nSPS) is 10.5. The van der Waals surface area contributed by atoms with Crippen molar-refractivity contribution in [3.63, 3.8) is 0 Å². The standard InChI is InChI=1S/C28H22ClN3O2S/c1-18-7-9-20(10-8-18)26-15-22(19-11-13-21(34-2)14-12-19)23(16-30)28(32-26)35-17-27(33)31-25-6-4-3-5-24(25)29/h3-15H,17H2,1-2H3,(H,31,33). The monoisotopic (exact) mass is 499 g/mol. The minimum absolute atomic E-state index is 0.0757. The molecule has 174 valence electrons. The van der Waals surface area contributed by atoms with E-state index in [1.165, 1.54) is 11.8 Å². The number of aryl methyl sites for hydroxylation is 1. The van der Waals surface area contributed by atoms with Gasteiger partial charge in [0.2, 0.25) is 5.91 Å². The third-order valence-electron chi connectivity index (χ3n) is 5.33. The Balaban J connectivity index is 1.70. The number of pyridine rings is 1. The predicted molar refractivity (Wildman–Crippen MR) is 142 cm³/mol. The molecule has 1 amide bonds. The van der Waals surface area contributed by atoms with Crippen molar-refractivity contribution in [2.45, 2.75) is 11.9 Å². The van der Waals surface area contributed by atoms with Gasteiger partial charge in [-0.05, 0) is 42.8 Å². The molecule has 0 aliphatic rings. The largest absolute Gasteiger partial charge is 0.497 e. The second-order valence-corrected chi connectivity index (χ2v) is 9.13. The molecular weight excluding hydrogens is 478 g/mol. The molecular formula is C28H22ClN3O2S. The molecule has 4 aromatic rings. The molecule has 35 heavy (non-hydrogen) atoms. The highest BCUT2D eigenvalue weighted by Gasteiger charge is 2.17. The highest BCUT2D eigenvalue weighted by atomic mass is 35.5. The van der Waals surface area contributed by atoms with E-state index < -0.39 is 0 Å². The maximum Gasteiger partial charge on any atom is 0.234 e. The molecule has 5 nitrogen and oxygen atoms in total. The van der Waals surface area contributed by atoms with Crippen molar-refractivity contribution in [2.75, 3.05) is 18.2 Å². The van der Waals surface area contributed by atoms with Crippen LogP contribution in [-0.4, -0.2) is 23.8 Å². The molecule has 1 N–H and O–H groups in total. The van der Waals surface area contributed by atoms with Gasteiger partial charge in [0.25, 0.3) is 0 Å². The van der Waals surface area contributed by atoms with Crippen LogP contribution in [-0.2, 0) is 4.79 Å². The Morgan fingerprint density at radius 3 is 2.40 bits per heavy atom. The number of carbonyl (C=O) groups is 1. The van der Waals surface area contributed by atoms with E-state index in [0.29, 0.717) is 21.3 Å². The van der Waals surface area contributed by atoms with Crippen LogP contribution in [0.2, 0.25) is 5.02 Å². The number of aromatic nitrogens is 1. The van der Waals surface area contributed by atoms with E-state index in [-0.39, 0.29) is 11.7 Å². The van der Waals surface area contributed by atoms with Crippen LogP contribution in [0.4, 0.5) is 5.69 Å². The first kappa shape index (κ1) is 24.3. The quantitative estimate of drug-likeness (QED) is 0.277. The average Bonchev–Trinajstić information content (AvgIpc) is 2.88. The van der Waals surface area contributed by atoms with Crippen LogP contribution < -0.4 is 10.1 Å². The number of nitrogens with zero attached hydrogens (tertiary/aromatic N) is 2. The van der Waals surface area contributed by atoms with Gasteiger partial charge in [0, 0.05) is 11.1 Å². The fourth-order valence-electron chi connectivity index (χ4n) is 3.49. The van der Waals surface area contributed by atoms with Gasteiger partial charge < -0.3 is 10.1 Å². The van der Waals surface area contributed by atoms with Gasteiger partial charge in [-0.25, -0.2) is 4.98 Å². The van der Waals surface area contributed by atoms with Gasteiger partial charge in [-0.1, -0.05) is 77.5 Å². The SMILES string of the molecule is COc1ccc(-c2cc(-c3ccc(C)cc3)nc(SCC(=O)Nc3ccccc3Cl)c2C#N)cc1. The summed E-state index contributed by atoms with van der Waals surface area (Å²) in [5.74, 6) is 0.568. The fraction of sp³-hybridized carbons (Fsp3) is 0.107. The molecule has 0 atom stereocenters. The van der Waals surface area contributed by atoms with Crippen molar-refractivity contribution in [2.24, 2.45) is 0 Å². The van der Waals surface area contributed by atoms with Gasteiger partial charge in [-0.3, -0.25) is 4.79 Å². The molecule has 4 rings (SSSR count). The van der Waals surface area contributed by atoms with Crippen molar-refractivity contribution >= 4 is 35.0 Å². The van der Waals surface area contributed by atoms with Crippen molar-refractivity contribution in [1.82, 2.24) is 4.98 Å². The van der Waals surface area contributed by atoms with Crippen LogP contribution in [0.3, 0.4) is 0 Å². The van der Waals surface area contributed by atoms with Crippen LogP contribution in [0.25, 0.3) is 22.4 Å². The van der Waals surface area contributed by atoms with Gasteiger partial charge in [0.15, 0.2) is 0 Å². The van der Waals surface area contributed by atoms with E-state index in [2.05, 4.69) is 11.4 Å². The lowest BCUT2D eigenvalue weighted by Crippen LogP contribution is -2.14. The fourth-order valence-corrected chi connectivity index (χ4v) is 4.47. The van der Waals surface area contributed by atoms with Crippen LogP contribution in [0.15, 0.2) is 83.9 Å². The number of para-hydroxylation sites is 1. The first-order valence-corrected chi connectivity index (χ1v) is 12.2. The third-order valence-corrected chi connectivity index (χ3v) is 6.64. The minimum atomic E-state index is -0.236. The van der Waals surface area contributed by atoms with E-state index in [4.69, 9.17) is 21.3 Å². The van der Waals surface area contributed by atoms with E-state index in [0.717, 1.165) is 33.7 Å². The number of anilines is 1. The zero-order chi connectivity index (χ0) is 24.8. The van der Waals surface area contributed by atoms with Crippen LogP contribution in [0.1, 0.15) is 11.1 Å². The summed E-state index contributed by atoms with van der Waals surface area (Å²) in [6.07, 6.45) is 0. The Kier molecular flexibility index (Phi) is 7.71. The molecule has 0 aliphatic carbocycles. The first-order chi connectivity index (χ1) is 17.0. The molecule has 3 aromatic carbocycles. The summed E-state index contributed by atoms with van der Waals surface area (Å²) >= 11 is 7.38. The number of nitrogens with one attached hydrogen (secondary N) is 1. The molecule has 0 spiro atoms. The summed E-state index contributed by atoms with van der Waals surface area (Å²) in [7, 11) is 1.61. The number of benzene rings is 3. The molecule has 1 heterocycles. The number of halogens is 1. The molecule has 0 bridgehead atoms. The smallest absolute Gasteiger partial charge is 0.234 e. The highest BCUT2D eigenvalue weighted by Crippen LogP contribution is 2.35. The molecule has 1 aromatic heterocycles. The lowest BCUT2D eigenvalue weighted by atomic mass is 9.99. The lowest BCUT2D eigenvalue weighted by molar-refractivity contribution is -0.113. The molecule has 0 saturated heterocycles. The Hall–Kier alpha value is -3.79. The van der Waals surface area contributed by atoms with E-state index in [1.54, 1.807) is 31.4 Å². The van der Waals surface area contributed by atoms with Gasteiger partial charge in [0.05, 0.1) is 34.8 Å². The Bertz CT molecular complexity index is 1400. The number of rotatable bonds is 7. The minimum Gasteiger partial charge on any atom is -0.497 e. The summed E-state index contributed by atoms with van der Waals surface area (Å²) in [5, 5.41) is 13.8. The molecule has 0 unspecified atom stereocenters. The van der Waals surface area contributed by atoms with Gasteiger partial charge in [-0.2, -0.15) is 5.26 Å². The summed E-state index contributed by atoms with van der Waals surface area (Å²) in [4.78, 5) is 17.4. The van der Waals surface area contributed by atoms with Gasteiger partial charge in [0.1, 0.15) is 16.8 Å². The van der Waals surface area contributed by atoms with E-state index in [9.17, 15) is 10.1 Å². The van der Waals surface area contributed by atoms with Crippen molar-refractivity contribution in [3.05, 3.63) is 95.0 Å². The molecule has 0 fully saturated rings. The molecule has 0 aliphatic heterocycles. The number of ether oxygens (including phenoxy) is 1. The zero-order valence-electron chi connectivity index (χ0n) is 19.2. The van der Waals surface area contributed by atoms with Crippen LogP contribution >= 0.6 is 23.4 Å². The number of carbonyl (C=O) groups excluding carboxylic acids is 1. The highest BCUT2D eigenvalue weighted by molar-refractivity contribution is 8.00. The second-order valence-electron chi connectivity index (χ2n) is 7.76. The summed E-state index contributed by atoms with van der Waals surface area (Å²) in [6.45, 7) is 2.03. The maximum atomic E-state index is 12.6. The summed E-state index contributed by atoms with van der Waals surface area (Å²) < 4.78 is 5.28. The Morgan fingerprint density at radius 1 is 1.06 bits per heavy atom. The van der Waals surface area contributed by atoms with Gasteiger partial charge >= 0.3 is 0 Å². The second kappa shape index (κ2) is 11.1. The average molecular weight is 500 g/mol.